The molecule has 4 fully saturated rings. The van der Waals surface area contributed by atoms with Gasteiger partial charge in [0.1, 0.15) is 5.78 Å². The zero-order valence-electron chi connectivity index (χ0n) is 23.4. The summed E-state index contributed by atoms with van der Waals surface area (Å²) in [6, 6.07) is 0. The van der Waals surface area contributed by atoms with E-state index in [-0.39, 0.29) is 47.1 Å². The van der Waals surface area contributed by atoms with Crippen molar-refractivity contribution in [2.45, 2.75) is 98.5 Å². The maximum absolute atomic E-state index is 14.1. The lowest BCUT2D eigenvalue weighted by molar-refractivity contribution is -0.173. The molecule has 4 saturated carbocycles. The normalized spacial score (nSPS) is 43.3. The second kappa shape index (κ2) is 10.5. The summed E-state index contributed by atoms with van der Waals surface area (Å²) in [5.74, 6) is 1.65. The van der Waals surface area contributed by atoms with Crippen LogP contribution < -0.4 is 5.32 Å². The van der Waals surface area contributed by atoms with E-state index in [1.54, 1.807) is 0 Å². The molecule has 0 aromatic rings. The third-order valence-electron chi connectivity index (χ3n) is 11.7. The van der Waals surface area contributed by atoms with E-state index >= 15 is 0 Å². The van der Waals surface area contributed by atoms with E-state index < -0.39 is 15.9 Å². The van der Waals surface area contributed by atoms with Crippen LogP contribution in [0.4, 0.5) is 0 Å². The van der Waals surface area contributed by atoms with Crippen LogP contribution >= 0.6 is 0 Å². The lowest BCUT2D eigenvalue weighted by Crippen LogP contribution is -2.60. The Labute approximate surface area is 223 Å². The van der Waals surface area contributed by atoms with Crippen molar-refractivity contribution >= 4 is 21.8 Å². The molecule has 11 atom stereocenters. The van der Waals surface area contributed by atoms with Crippen LogP contribution in [0.2, 0.25) is 0 Å². The molecular weight excluding hydrogens is 490 g/mol. The Morgan fingerprint density at radius 3 is 2.35 bits per heavy atom. The minimum atomic E-state index is -4.09. The molecule has 0 aromatic heterocycles. The molecule has 37 heavy (non-hydrogen) atoms. The maximum Gasteiger partial charge on any atom is 0.266 e. The molecule has 0 aromatic carbocycles. The SMILES string of the molecule is CC[C@H]1C(=O)C2C(CC[C@@]3(C)C2CC[C@@H]3[C@H](C)C[C@H](C)C(=O)NCCS(=O)(=O)O)[C@@]2(C)CC[C@@H](O)CC12. The van der Waals surface area contributed by atoms with Gasteiger partial charge in [0, 0.05) is 24.3 Å². The van der Waals surface area contributed by atoms with E-state index in [0.717, 1.165) is 57.8 Å². The van der Waals surface area contributed by atoms with Gasteiger partial charge in [0.2, 0.25) is 5.91 Å². The van der Waals surface area contributed by atoms with E-state index in [2.05, 4.69) is 33.0 Å². The van der Waals surface area contributed by atoms with Crippen LogP contribution in [0.5, 0.6) is 0 Å². The first-order valence-electron chi connectivity index (χ1n) is 14.7. The Morgan fingerprint density at radius 1 is 1.05 bits per heavy atom. The number of rotatable bonds is 8. The van der Waals surface area contributed by atoms with Crippen molar-refractivity contribution < 1.29 is 27.7 Å². The number of fused-ring (bicyclic) bond motifs is 5. The highest BCUT2D eigenvalue weighted by Crippen LogP contribution is 2.68. The Bertz CT molecular complexity index is 983. The van der Waals surface area contributed by atoms with Crippen LogP contribution in [0.15, 0.2) is 0 Å². The first-order chi connectivity index (χ1) is 17.2. The largest absolute Gasteiger partial charge is 0.393 e. The molecule has 0 spiro atoms. The van der Waals surface area contributed by atoms with Gasteiger partial charge in [-0.05, 0) is 98.2 Å². The number of carbonyl (C=O) groups is 2. The van der Waals surface area contributed by atoms with Crippen molar-refractivity contribution in [3.8, 4) is 0 Å². The lowest BCUT2D eigenvalue weighted by Gasteiger charge is -2.62. The number of nitrogens with one attached hydrogen (secondary N) is 1. The highest BCUT2D eigenvalue weighted by molar-refractivity contribution is 7.85. The van der Waals surface area contributed by atoms with Crippen LogP contribution in [0, 0.1) is 58.2 Å². The first kappa shape index (κ1) is 29.0. The zero-order chi connectivity index (χ0) is 27.3. The average molecular weight is 540 g/mol. The number of aliphatic hydroxyl groups is 1. The van der Waals surface area contributed by atoms with Crippen molar-refractivity contribution in [3.05, 3.63) is 0 Å². The van der Waals surface area contributed by atoms with Gasteiger partial charge in [-0.3, -0.25) is 14.1 Å². The fourth-order valence-electron chi connectivity index (χ4n) is 9.92. The lowest BCUT2D eigenvalue weighted by atomic mass is 9.42. The van der Waals surface area contributed by atoms with Crippen LogP contribution in [-0.4, -0.2) is 48.2 Å². The van der Waals surface area contributed by atoms with Gasteiger partial charge in [-0.2, -0.15) is 8.42 Å². The number of hydrogen-bond donors (Lipinski definition) is 3. The molecule has 212 valence electrons. The number of ketones is 1. The molecule has 1 amide bonds. The third-order valence-corrected chi connectivity index (χ3v) is 12.4. The molecule has 0 heterocycles. The summed E-state index contributed by atoms with van der Waals surface area (Å²) >= 11 is 0. The molecule has 8 heteroatoms. The van der Waals surface area contributed by atoms with E-state index in [9.17, 15) is 23.1 Å². The molecular formula is C29H49NO6S. The third kappa shape index (κ3) is 5.28. The Kier molecular flexibility index (Phi) is 8.26. The van der Waals surface area contributed by atoms with Crippen molar-refractivity contribution in [1.82, 2.24) is 5.32 Å². The minimum Gasteiger partial charge on any atom is -0.393 e. The van der Waals surface area contributed by atoms with Gasteiger partial charge in [-0.1, -0.05) is 34.6 Å². The fourth-order valence-corrected chi connectivity index (χ4v) is 10.3. The second-order valence-electron chi connectivity index (χ2n) is 13.6. The van der Waals surface area contributed by atoms with E-state index in [4.69, 9.17) is 4.55 Å². The highest BCUT2D eigenvalue weighted by atomic mass is 32.2. The van der Waals surface area contributed by atoms with Crippen LogP contribution in [0.1, 0.15) is 92.4 Å². The molecule has 3 N–H and O–H groups in total. The smallest absolute Gasteiger partial charge is 0.266 e. The van der Waals surface area contributed by atoms with Crippen LogP contribution in [0.3, 0.4) is 0 Å². The van der Waals surface area contributed by atoms with Gasteiger partial charge >= 0.3 is 0 Å². The second-order valence-corrected chi connectivity index (χ2v) is 15.2. The first-order valence-corrected chi connectivity index (χ1v) is 16.3. The summed E-state index contributed by atoms with van der Waals surface area (Å²) in [5.41, 5.74) is 0.227. The maximum atomic E-state index is 14.1. The standard InChI is InChI=1S/C29H49NO6S/c1-6-20-24-16-19(31)9-11-29(24,5)23-10-12-28(4)21(7-8-22(28)25(23)26(20)32)17(2)15-18(3)27(33)30-13-14-37(34,35)36/h17-25,31H,6-16H2,1-5H3,(H,30,33)(H,34,35,36)/t17-,18+,19-,20-,21-,22?,23?,24?,25?,28-,29-/m1/s1. The van der Waals surface area contributed by atoms with Crippen LogP contribution in [0.25, 0.3) is 0 Å². The molecule has 4 rings (SSSR count). The van der Waals surface area contributed by atoms with Crippen molar-refractivity contribution in [1.29, 1.82) is 0 Å². The summed E-state index contributed by atoms with van der Waals surface area (Å²) in [4.78, 5) is 26.7. The predicted molar refractivity (Wildman–Crippen MR) is 143 cm³/mol. The van der Waals surface area contributed by atoms with E-state index in [1.807, 2.05) is 6.92 Å². The summed E-state index contributed by atoms with van der Waals surface area (Å²) in [5, 5.41) is 13.1. The molecule has 0 saturated heterocycles. The summed E-state index contributed by atoms with van der Waals surface area (Å²) < 4.78 is 30.8. The Morgan fingerprint density at radius 2 is 1.70 bits per heavy atom. The summed E-state index contributed by atoms with van der Waals surface area (Å²) in [6.07, 6.45) is 8.34. The van der Waals surface area contributed by atoms with Gasteiger partial charge in [0.15, 0.2) is 0 Å². The predicted octanol–water partition coefficient (Wildman–Crippen LogP) is 4.49. The molecule has 0 aliphatic heterocycles. The monoisotopic (exact) mass is 539 g/mol. The Hall–Kier alpha value is -0.990. The van der Waals surface area contributed by atoms with E-state index in [1.165, 1.54) is 0 Å². The number of carbonyl (C=O) groups excluding carboxylic acids is 2. The number of amides is 1. The van der Waals surface area contributed by atoms with Gasteiger partial charge in [-0.25, -0.2) is 0 Å². The molecule has 4 aliphatic carbocycles. The zero-order valence-corrected chi connectivity index (χ0v) is 24.2. The average Bonchev–Trinajstić information content (AvgIpc) is 3.16. The summed E-state index contributed by atoms with van der Waals surface area (Å²) in [7, 11) is -4.09. The van der Waals surface area contributed by atoms with Crippen molar-refractivity contribution in [2.75, 3.05) is 12.3 Å². The van der Waals surface area contributed by atoms with Gasteiger partial charge in [0.05, 0.1) is 11.9 Å². The molecule has 4 unspecified atom stereocenters. The van der Waals surface area contributed by atoms with E-state index in [0.29, 0.717) is 35.4 Å². The molecule has 7 nitrogen and oxygen atoms in total. The number of hydrogen-bond acceptors (Lipinski definition) is 5. The van der Waals surface area contributed by atoms with Gasteiger partial charge in [-0.15, -0.1) is 0 Å². The number of aliphatic hydroxyl groups excluding tert-OH is 1. The van der Waals surface area contributed by atoms with Gasteiger partial charge in [0.25, 0.3) is 10.1 Å². The summed E-state index contributed by atoms with van der Waals surface area (Å²) in [6.45, 7) is 11.0. The molecule has 0 radical (unpaired) electrons. The molecule has 0 bridgehead atoms. The van der Waals surface area contributed by atoms with Crippen LogP contribution in [-0.2, 0) is 19.7 Å². The molecule has 4 aliphatic rings. The quantitative estimate of drug-likeness (QED) is 0.391. The fraction of sp³-hybridized carbons (Fsp3) is 0.931. The Balaban J connectivity index is 1.47. The number of Topliss-reactive ketones (excluding diaryl/α,β-unsaturated/α-hetero) is 1. The topological polar surface area (TPSA) is 121 Å². The van der Waals surface area contributed by atoms with Crippen molar-refractivity contribution in [3.63, 3.8) is 0 Å². The highest BCUT2D eigenvalue weighted by Gasteiger charge is 2.65. The minimum absolute atomic E-state index is 0.0616. The van der Waals surface area contributed by atoms with Crippen molar-refractivity contribution in [2.24, 2.45) is 58.2 Å². The van der Waals surface area contributed by atoms with Gasteiger partial charge < -0.3 is 10.4 Å².